The monoisotopic (exact) mass is 218 g/mol. The number of carbonyl (C=O) groups excluding carboxylic acids is 1. The minimum absolute atomic E-state index is 0.284. The average molecular weight is 218 g/mol. The smallest absolute Gasteiger partial charge is 0.338 e. The summed E-state index contributed by atoms with van der Waals surface area (Å²) in [7, 11) is 0. The molecule has 0 N–H and O–H groups in total. The number of benzene rings is 1. The van der Waals surface area contributed by atoms with Gasteiger partial charge in [0.05, 0.1) is 12.2 Å². The van der Waals surface area contributed by atoms with E-state index in [2.05, 4.69) is 0 Å². The van der Waals surface area contributed by atoms with Crippen LogP contribution in [-0.2, 0) is 11.2 Å². The summed E-state index contributed by atoms with van der Waals surface area (Å²) in [6.07, 6.45) is 4.52. The van der Waals surface area contributed by atoms with Gasteiger partial charge in [-0.05, 0) is 30.7 Å². The summed E-state index contributed by atoms with van der Waals surface area (Å²) in [6, 6.07) is 5.41. The molecule has 3 nitrogen and oxygen atoms in total. The molecule has 1 aliphatic rings. The van der Waals surface area contributed by atoms with E-state index >= 15 is 0 Å². The van der Waals surface area contributed by atoms with Crippen molar-refractivity contribution in [1.82, 2.24) is 0 Å². The SMILES string of the molecule is C/C=C/COC(=O)c1ccc2c(c1)CCO2. The van der Waals surface area contributed by atoms with Crippen molar-refractivity contribution in [3.63, 3.8) is 0 Å². The molecule has 0 bridgehead atoms. The lowest BCUT2D eigenvalue weighted by atomic mass is 10.1. The Hall–Kier alpha value is -1.77. The van der Waals surface area contributed by atoms with Crippen molar-refractivity contribution in [2.75, 3.05) is 13.2 Å². The lowest BCUT2D eigenvalue weighted by molar-refractivity contribution is 0.0549. The molecule has 1 aromatic carbocycles. The maximum absolute atomic E-state index is 11.6. The lowest BCUT2D eigenvalue weighted by Crippen LogP contribution is -2.05. The van der Waals surface area contributed by atoms with Gasteiger partial charge in [0.15, 0.2) is 0 Å². The van der Waals surface area contributed by atoms with Crippen LogP contribution in [0, 0.1) is 0 Å². The average Bonchev–Trinajstić information content (AvgIpc) is 2.76. The van der Waals surface area contributed by atoms with Crippen LogP contribution in [0.25, 0.3) is 0 Å². The molecule has 0 amide bonds. The summed E-state index contributed by atoms with van der Waals surface area (Å²) in [4.78, 5) is 11.6. The van der Waals surface area contributed by atoms with Crippen molar-refractivity contribution in [1.29, 1.82) is 0 Å². The Morgan fingerprint density at radius 1 is 1.56 bits per heavy atom. The zero-order valence-electron chi connectivity index (χ0n) is 9.23. The van der Waals surface area contributed by atoms with Crippen LogP contribution in [0.1, 0.15) is 22.8 Å². The predicted molar refractivity (Wildman–Crippen MR) is 60.7 cm³/mol. The Labute approximate surface area is 94.7 Å². The largest absolute Gasteiger partial charge is 0.493 e. The maximum atomic E-state index is 11.6. The van der Waals surface area contributed by atoms with Crippen molar-refractivity contribution >= 4 is 5.97 Å². The molecule has 2 rings (SSSR count). The van der Waals surface area contributed by atoms with E-state index in [1.807, 2.05) is 25.1 Å². The molecule has 0 unspecified atom stereocenters. The maximum Gasteiger partial charge on any atom is 0.338 e. The third-order valence-electron chi connectivity index (χ3n) is 2.47. The van der Waals surface area contributed by atoms with E-state index in [9.17, 15) is 4.79 Å². The van der Waals surface area contributed by atoms with Crippen molar-refractivity contribution in [2.24, 2.45) is 0 Å². The quantitative estimate of drug-likeness (QED) is 0.577. The van der Waals surface area contributed by atoms with Gasteiger partial charge in [-0.15, -0.1) is 0 Å². The van der Waals surface area contributed by atoms with Gasteiger partial charge in [0.1, 0.15) is 12.4 Å². The number of hydrogen-bond donors (Lipinski definition) is 0. The molecule has 3 heteroatoms. The van der Waals surface area contributed by atoms with Gasteiger partial charge in [-0.25, -0.2) is 4.79 Å². The Bertz CT molecular complexity index is 421. The first-order valence-corrected chi connectivity index (χ1v) is 5.35. The summed E-state index contributed by atoms with van der Waals surface area (Å²) in [5.41, 5.74) is 1.68. The molecule has 84 valence electrons. The van der Waals surface area contributed by atoms with Crippen LogP contribution >= 0.6 is 0 Å². The van der Waals surface area contributed by atoms with Crippen molar-refractivity contribution in [2.45, 2.75) is 13.3 Å². The van der Waals surface area contributed by atoms with E-state index in [1.54, 1.807) is 12.1 Å². The van der Waals surface area contributed by atoms with Crippen molar-refractivity contribution < 1.29 is 14.3 Å². The molecule has 0 radical (unpaired) electrons. The molecule has 0 aromatic heterocycles. The van der Waals surface area contributed by atoms with Crippen LogP contribution in [0.4, 0.5) is 0 Å². The molecule has 0 aliphatic carbocycles. The molecule has 1 aromatic rings. The summed E-state index contributed by atoms with van der Waals surface area (Å²) in [6.45, 7) is 2.91. The summed E-state index contributed by atoms with van der Waals surface area (Å²) >= 11 is 0. The minimum Gasteiger partial charge on any atom is -0.493 e. The number of esters is 1. The van der Waals surface area contributed by atoms with Gasteiger partial charge in [0.25, 0.3) is 0 Å². The fourth-order valence-corrected chi connectivity index (χ4v) is 1.62. The van der Waals surface area contributed by atoms with Crippen LogP contribution in [0.2, 0.25) is 0 Å². The first-order valence-electron chi connectivity index (χ1n) is 5.35. The fourth-order valence-electron chi connectivity index (χ4n) is 1.62. The van der Waals surface area contributed by atoms with E-state index in [0.29, 0.717) is 18.8 Å². The fraction of sp³-hybridized carbons (Fsp3) is 0.308. The molecule has 16 heavy (non-hydrogen) atoms. The number of allylic oxidation sites excluding steroid dienone is 1. The predicted octanol–water partition coefficient (Wildman–Crippen LogP) is 2.35. The van der Waals surface area contributed by atoms with Crippen molar-refractivity contribution in [3.05, 3.63) is 41.5 Å². The van der Waals surface area contributed by atoms with Gasteiger partial charge < -0.3 is 9.47 Å². The third-order valence-corrected chi connectivity index (χ3v) is 2.47. The molecule has 0 saturated carbocycles. The first kappa shape index (κ1) is 10.7. The second-order valence-electron chi connectivity index (χ2n) is 3.59. The molecule has 1 heterocycles. The zero-order valence-corrected chi connectivity index (χ0v) is 9.23. The molecule has 0 fully saturated rings. The molecular weight excluding hydrogens is 204 g/mol. The van der Waals surface area contributed by atoms with Crippen LogP contribution < -0.4 is 4.74 Å². The second kappa shape index (κ2) is 4.84. The van der Waals surface area contributed by atoms with Gasteiger partial charge in [-0.2, -0.15) is 0 Å². The highest BCUT2D eigenvalue weighted by Gasteiger charge is 2.15. The Kier molecular flexibility index (Phi) is 3.25. The van der Waals surface area contributed by atoms with Gasteiger partial charge in [0, 0.05) is 6.42 Å². The highest BCUT2D eigenvalue weighted by atomic mass is 16.5. The van der Waals surface area contributed by atoms with Gasteiger partial charge in [-0.3, -0.25) is 0 Å². The zero-order chi connectivity index (χ0) is 11.4. The van der Waals surface area contributed by atoms with Crippen LogP contribution in [0.15, 0.2) is 30.4 Å². The number of hydrogen-bond acceptors (Lipinski definition) is 3. The first-order chi connectivity index (χ1) is 7.81. The molecule has 0 saturated heterocycles. The Balaban J connectivity index is 2.06. The summed E-state index contributed by atoms with van der Waals surface area (Å²) < 4.78 is 10.4. The highest BCUT2D eigenvalue weighted by Crippen LogP contribution is 2.25. The standard InChI is InChI=1S/C13H14O3/c1-2-3-7-16-13(14)11-4-5-12-10(9-11)6-8-15-12/h2-5,9H,6-8H2,1H3/b3-2+. The Morgan fingerprint density at radius 3 is 3.25 bits per heavy atom. The lowest BCUT2D eigenvalue weighted by Gasteiger charge is -2.03. The summed E-state index contributed by atoms with van der Waals surface area (Å²) in [5, 5.41) is 0. The van der Waals surface area contributed by atoms with Gasteiger partial charge in [-0.1, -0.05) is 12.2 Å². The van der Waals surface area contributed by atoms with E-state index < -0.39 is 0 Å². The topological polar surface area (TPSA) is 35.5 Å². The third kappa shape index (κ3) is 2.24. The normalized spacial score (nSPS) is 13.6. The second-order valence-corrected chi connectivity index (χ2v) is 3.59. The number of ether oxygens (including phenoxy) is 2. The molecular formula is C13H14O3. The van der Waals surface area contributed by atoms with E-state index in [-0.39, 0.29) is 5.97 Å². The van der Waals surface area contributed by atoms with Crippen LogP contribution in [-0.4, -0.2) is 19.2 Å². The number of rotatable bonds is 3. The van der Waals surface area contributed by atoms with E-state index in [1.165, 1.54) is 0 Å². The molecule has 0 atom stereocenters. The van der Waals surface area contributed by atoms with E-state index in [4.69, 9.17) is 9.47 Å². The van der Waals surface area contributed by atoms with Gasteiger partial charge >= 0.3 is 5.97 Å². The van der Waals surface area contributed by atoms with Crippen molar-refractivity contribution in [3.8, 4) is 5.75 Å². The van der Waals surface area contributed by atoms with Crippen LogP contribution in [0.5, 0.6) is 5.75 Å². The van der Waals surface area contributed by atoms with Gasteiger partial charge in [0.2, 0.25) is 0 Å². The molecule has 0 spiro atoms. The molecule has 1 aliphatic heterocycles. The number of fused-ring (bicyclic) bond motifs is 1. The minimum atomic E-state index is -0.284. The van der Waals surface area contributed by atoms with Crippen LogP contribution in [0.3, 0.4) is 0 Å². The van der Waals surface area contributed by atoms with E-state index in [0.717, 1.165) is 17.7 Å². The highest BCUT2D eigenvalue weighted by molar-refractivity contribution is 5.90. The summed E-state index contributed by atoms with van der Waals surface area (Å²) in [5.74, 6) is 0.595. The Morgan fingerprint density at radius 2 is 2.44 bits per heavy atom. The number of carbonyl (C=O) groups is 1.